The van der Waals surface area contributed by atoms with E-state index in [1.807, 2.05) is 43.3 Å². The highest BCUT2D eigenvalue weighted by molar-refractivity contribution is 9.10. The zero-order valence-electron chi connectivity index (χ0n) is 9.30. The Bertz CT molecular complexity index is 555. The second-order valence-corrected chi connectivity index (χ2v) is 5.09. The van der Waals surface area contributed by atoms with E-state index in [0.29, 0.717) is 5.02 Å². The third-order valence-electron chi connectivity index (χ3n) is 2.46. The molecule has 0 spiro atoms. The number of benzene rings is 2. The third kappa shape index (κ3) is 2.93. The largest absolute Gasteiger partial charge is 0.399 e. The van der Waals surface area contributed by atoms with Crippen LogP contribution >= 0.6 is 27.5 Å². The Morgan fingerprint density at radius 1 is 1.18 bits per heavy atom. The molecule has 0 fully saturated rings. The van der Waals surface area contributed by atoms with Gasteiger partial charge in [-0.2, -0.15) is 0 Å². The van der Waals surface area contributed by atoms with Gasteiger partial charge in [-0.3, -0.25) is 0 Å². The first-order valence-corrected chi connectivity index (χ1v) is 6.31. The van der Waals surface area contributed by atoms with Crippen molar-refractivity contribution < 1.29 is 0 Å². The molecule has 0 saturated carbocycles. The smallest absolute Gasteiger partial charge is 0.0568 e. The first kappa shape index (κ1) is 12.3. The number of hydrogen-bond donors (Lipinski definition) is 2. The maximum atomic E-state index is 6.04. The number of aryl methyl sites for hydroxylation is 1. The Morgan fingerprint density at radius 2 is 1.94 bits per heavy atom. The van der Waals surface area contributed by atoms with Crippen LogP contribution in [0.3, 0.4) is 0 Å². The van der Waals surface area contributed by atoms with Gasteiger partial charge in [-0.15, -0.1) is 0 Å². The fraction of sp³-hybridized carbons (Fsp3) is 0.0769. The van der Waals surface area contributed by atoms with Crippen LogP contribution in [-0.2, 0) is 0 Å². The number of rotatable bonds is 2. The van der Waals surface area contributed by atoms with Crippen molar-refractivity contribution >= 4 is 44.6 Å². The zero-order valence-corrected chi connectivity index (χ0v) is 11.6. The van der Waals surface area contributed by atoms with Crippen LogP contribution in [0.2, 0.25) is 5.02 Å². The SMILES string of the molecule is Cc1ccc(N)cc1Nc1ccc(Br)c(Cl)c1. The molecule has 3 N–H and O–H groups in total. The second kappa shape index (κ2) is 4.98. The van der Waals surface area contributed by atoms with Crippen molar-refractivity contribution in [2.24, 2.45) is 0 Å². The molecule has 2 aromatic rings. The predicted molar refractivity (Wildman–Crippen MR) is 78.0 cm³/mol. The summed E-state index contributed by atoms with van der Waals surface area (Å²) in [4.78, 5) is 0. The highest BCUT2D eigenvalue weighted by atomic mass is 79.9. The summed E-state index contributed by atoms with van der Waals surface area (Å²) >= 11 is 9.40. The minimum Gasteiger partial charge on any atom is -0.399 e. The normalized spacial score (nSPS) is 10.3. The highest BCUT2D eigenvalue weighted by Gasteiger charge is 2.02. The Balaban J connectivity index is 2.31. The van der Waals surface area contributed by atoms with Gasteiger partial charge in [-0.05, 0) is 58.7 Å². The van der Waals surface area contributed by atoms with E-state index in [9.17, 15) is 0 Å². The summed E-state index contributed by atoms with van der Waals surface area (Å²) in [5.41, 5.74) is 9.56. The monoisotopic (exact) mass is 310 g/mol. The molecular formula is C13H12BrClN2. The van der Waals surface area contributed by atoms with E-state index in [1.165, 1.54) is 0 Å². The second-order valence-electron chi connectivity index (χ2n) is 3.83. The summed E-state index contributed by atoms with van der Waals surface area (Å²) in [5, 5.41) is 3.97. The summed E-state index contributed by atoms with van der Waals surface area (Å²) in [5.74, 6) is 0. The molecule has 0 heterocycles. The molecule has 0 radical (unpaired) electrons. The zero-order chi connectivity index (χ0) is 12.4. The summed E-state index contributed by atoms with van der Waals surface area (Å²) in [6.07, 6.45) is 0. The Hall–Kier alpha value is -1.19. The van der Waals surface area contributed by atoms with Gasteiger partial charge in [0, 0.05) is 21.5 Å². The van der Waals surface area contributed by atoms with Crippen LogP contribution in [0.25, 0.3) is 0 Å². The van der Waals surface area contributed by atoms with E-state index in [1.54, 1.807) is 0 Å². The van der Waals surface area contributed by atoms with Gasteiger partial charge in [0.15, 0.2) is 0 Å². The van der Waals surface area contributed by atoms with Gasteiger partial charge in [0.2, 0.25) is 0 Å². The number of nitrogen functional groups attached to an aromatic ring is 1. The number of nitrogens with one attached hydrogen (secondary N) is 1. The third-order valence-corrected chi connectivity index (χ3v) is 3.69. The van der Waals surface area contributed by atoms with Crippen molar-refractivity contribution in [3.05, 3.63) is 51.5 Å². The first-order valence-electron chi connectivity index (χ1n) is 5.14. The van der Waals surface area contributed by atoms with E-state index in [4.69, 9.17) is 17.3 Å². The highest BCUT2D eigenvalue weighted by Crippen LogP contribution is 2.28. The summed E-state index contributed by atoms with van der Waals surface area (Å²) < 4.78 is 0.883. The average molecular weight is 312 g/mol. The molecule has 0 amide bonds. The summed E-state index contributed by atoms with van der Waals surface area (Å²) in [6, 6.07) is 11.5. The lowest BCUT2D eigenvalue weighted by Crippen LogP contribution is -1.95. The van der Waals surface area contributed by atoms with Crippen LogP contribution in [0.1, 0.15) is 5.56 Å². The molecule has 2 aromatic carbocycles. The van der Waals surface area contributed by atoms with E-state index in [0.717, 1.165) is 27.1 Å². The van der Waals surface area contributed by atoms with Crippen molar-refractivity contribution in [1.29, 1.82) is 0 Å². The topological polar surface area (TPSA) is 38.0 Å². The van der Waals surface area contributed by atoms with Gasteiger partial charge < -0.3 is 11.1 Å². The van der Waals surface area contributed by atoms with E-state index >= 15 is 0 Å². The van der Waals surface area contributed by atoms with Gasteiger partial charge in [0.05, 0.1) is 5.02 Å². The maximum absolute atomic E-state index is 6.04. The fourth-order valence-electron chi connectivity index (χ4n) is 1.50. The van der Waals surface area contributed by atoms with Gasteiger partial charge in [-0.1, -0.05) is 17.7 Å². The lowest BCUT2D eigenvalue weighted by atomic mass is 10.1. The molecule has 0 aliphatic carbocycles. The molecule has 0 aliphatic rings. The van der Waals surface area contributed by atoms with Crippen molar-refractivity contribution in [2.45, 2.75) is 6.92 Å². The van der Waals surface area contributed by atoms with Crippen LogP contribution < -0.4 is 11.1 Å². The Morgan fingerprint density at radius 3 is 2.65 bits per heavy atom. The number of halogens is 2. The molecule has 4 heteroatoms. The van der Waals surface area contributed by atoms with Gasteiger partial charge in [-0.25, -0.2) is 0 Å². The molecule has 88 valence electrons. The molecule has 17 heavy (non-hydrogen) atoms. The summed E-state index contributed by atoms with van der Waals surface area (Å²) in [6.45, 7) is 2.03. The van der Waals surface area contributed by atoms with E-state index in [-0.39, 0.29) is 0 Å². The van der Waals surface area contributed by atoms with Gasteiger partial charge in [0.1, 0.15) is 0 Å². The molecule has 2 nitrogen and oxygen atoms in total. The van der Waals surface area contributed by atoms with Crippen molar-refractivity contribution in [1.82, 2.24) is 0 Å². The lowest BCUT2D eigenvalue weighted by Gasteiger charge is -2.11. The van der Waals surface area contributed by atoms with E-state index < -0.39 is 0 Å². The van der Waals surface area contributed by atoms with E-state index in [2.05, 4.69) is 21.2 Å². The number of hydrogen-bond acceptors (Lipinski definition) is 2. The summed E-state index contributed by atoms with van der Waals surface area (Å²) in [7, 11) is 0. The van der Waals surface area contributed by atoms with Crippen molar-refractivity contribution in [3.8, 4) is 0 Å². The average Bonchev–Trinajstić information content (AvgIpc) is 2.29. The minimum absolute atomic E-state index is 0.677. The van der Waals surface area contributed by atoms with Crippen molar-refractivity contribution in [2.75, 3.05) is 11.1 Å². The van der Waals surface area contributed by atoms with Gasteiger partial charge in [0.25, 0.3) is 0 Å². The molecule has 0 atom stereocenters. The maximum Gasteiger partial charge on any atom is 0.0568 e. The molecular weight excluding hydrogens is 300 g/mol. The predicted octanol–water partition coefficient (Wildman–Crippen LogP) is 4.74. The van der Waals surface area contributed by atoms with Crippen molar-refractivity contribution in [3.63, 3.8) is 0 Å². The molecule has 0 aliphatic heterocycles. The number of nitrogens with two attached hydrogens (primary N) is 1. The Labute approximate surface area is 114 Å². The Kier molecular flexibility index (Phi) is 3.60. The minimum atomic E-state index is 0.677. The van der Waals surface area contributed by atoms with Crippen LogP contribution in [0.5, 0.6) is 0 Å². The quantitative estimate of drug-likeness (QED) is 0.786. The molecule has 0 aromatic heterocycles. The van der Waals surface area contributed by atoms with Crippen LogP contribution in [-0.4, -0.2) is 0 Å². The molecule has 0 bridgehead atoms. The fourth-order valence-corrected chi connectivity index (χ4v) is 1.93. The van der Waals surface area contributed by atoms with Gasteiger partial charge >= 0.3 is 0 Å². The molecule has 2 rings (SSSR count). The lowest BCUT2D eigenvalue weighted by molar-refractivity contribution is 1.43. The standard InChI is InChI=1S/C13H12BrClN2/c1-8-2-3-9(16)6-13(8)17-10-4-5-11(14)12(15)7-10/h2-7,17H,16H2,1H3. The first-order chi connectivity index (χ1) is 8.06. The number of anilines is 3. The molecule has 0 unspecified atom stereocenters. The van der Waals surface area contributed by atoms with Crippen LogP contribution in [0.15, 0.2) is 40.9 Å². The van der Waals surface area contributed by atoms with Crippen LogP contribution in [0.4, 0.5) is 17.1 Å². The van der Waals surface area contributed by atoms with Crippen LogP contribution in [0, 0.1) is 6.92 Å². The molecule has 0 saturated heterocycles.